The van der Waals surface area contributed by atoms with E-state index in [9.17, 15) is 0 Å². The van der Waals surface area contributed by atoms with E-state index in [2.05, 4.69) is 4.90 Å². The number of aliphatic hydroxyl groups is 1. The fourth-order valence-electron chi connectivity index (χ4n) is 1.59. The highest BCUT2D eigenvalue weighted by Gasteiger charge is 2.06. The molecule has 0 aliphatic carbocycles. The summed E-state index contributed by atoms with van der Waals surface area (Å²) in [6.45, 7) is 4.36. The van der Waals surface area contributed by atoms with Gasteiger partial charge in [0.1, 0.15) is 5.75 Å². The van der Waals surface area contributed by atoms with Gasteiger partial charge in [0.05, 0.1) is 13.2 Å². The zero-order valence-corrected chi connectivity index (χ0v) is 11.3. The molecule has 0 heterocycles. The molecule has 0 radical (unpaired) electrons. The fourth-order valence-corrected chi connectivity index (χ4v) is 1.59. The van der Waals surface area contributed by atoms with Crippen LogP contribution in [0.4, 0.5) is 0 Å². The van der Waals surface area contributed by atoms with Crippen LogP contribution in [0.3, 0.4) is 0 Å². The van der Waals surface area contributed by atoms with Crippen LogP contribution in [0.2, 0.25) is 0 Å². The normalized spacial score (nSPS) is 12.7. The molecule has 4 nitrogen and oxygen atoms in total. The Morgan fingerprint density at radius 1 is 1.33 bits per heavy atom. The van der Waals surface area contributed by atoms with Gasteiger partial charge in [-0.2, -0.15) is 0 Å². The van der Waals surface area contributed by atoms with Crippen molar-refractivity contribution in [2.75, 3.05) is 26.8 Å². The molecule has 0 bridgehead atoms. The Hall–Kier alpha value is -1.10. The number of rotatable bonds is 8. The third-order valence-electron chi connectivity index (χ3n) is 3.10. The molecular formula is C14H24N2O2. The Bertz CT molecular complexity index is 327. The quantitative estimate of drug-likeness (QED) is 0.683. The second kappa shape index (κ2) is 8.08. The van der Waals surface area contributed by atoms with Crippen molar-refractivity contribution in [2.45, 2.75) is 25.9 Å². The Morgan fingerprint density at radius 2 is 2.00 bits per heavy atom. The summed E-state index contributed by atoms with van der Waals surface area (Å²) in [6, 6.07) is 8.06. The highest BCUT2D eigenvalue weighted by Crippen LogP contribution is 2.12. The summed E-state index contributed by atoms with van der Waals surface area (Å²) in [6.07, 6.45) is 0.944. The third-order valence-corrected chi connectivity index (χ3v) is 3.10. The van der Waals surface area contributed by atoms with Crippen LogP contribution in [0.25, 0.3) is 0 Å². The molecular weight excluding hydrogens is 228 g/mol. The van der Waals surface area contributed by atoms with Gasteiger partial charge in [-0.1, -0.05) is 12.1 Å². The van der Waals surface area contributed by atoms with Gasteiger partial charge < -0.3 is 20.5 Å². The van der Waals surface area contributed by atoms with Crippen molar-refractivity contribution in [3.63, 3.8) is 0 Å². The van der Waals surface area contributed by atoms with Crippen molar-refractivity contribution in [1.29, 1.82) is 0 Å². The van der Waals surface area contributed by atoms with Crippen molar-refractivity contribution in [2.24, 2.45) is 5.73 Å². The molecule has 102 valence electrons. The molecule has 4 heteroatoms. The first-order valence-electron chi connectivity index (χ1n) is 6.40. The topological polar surface area (TPSA) is 58.7 Å². The first-order valence-corrected chi connectivity index (χ1v) is 6.40. The Labute approximate surface area is 109 Å². The van der Waals surface area contributed by atoms with Gasteiger partial charge in [0.15, 0.2) is 0 Å². The molecule has 0 spiro atoms. The van der Waals surface area contributed by atoms with Crippen molar-refractivity contribution >= 4 is 0 Å². The van der Waals surface area contributed by atoms with Crippen LogP contribution >= 0.6 is 0 Å². The standard InChI is InChI=1S/C14H24N2O2/c1-12(11-17)16(2)8-3-9-18-14-6-4-13(10-15)5-7-14/h4-7,12,17H,3,8-11,15H2,1-2H3. The van der Waals surface area contributed by atoms with Crippen LogP contribution in [0.5, 0.6) is 5.75 Å². The number of nitrogens with two attached hydrogens (primary N) is 1. The van der Waals surface area contributed by atoms with Crippen molar-refractivity contribution < 1.29 is 9.84 Å². The molecule has 3 N–H and O–H groups in total. The van der Waals surface area contributed by atoms with E-state index >= 15 is 0 Å². The highest BCUT2D eigenvalue weighted by atomic mass is 16.5. The number of hydrogen-bond donors (Lipinski definition) is 2. The molecule has 0 aromatic heterocycles. The summed E-state index contributed by atoms with van der Waals surface area (Å²) in [7, 11) is 2.01. The van der Waals surface area contributed by atoms with Crippen molar-refractivity contribution in [3.05, 3.63) is 29.8 Å². The second-order valence-corrected chi connectivity index (χ2v) is 4.56. The summed E-state index contributed by atoms with van der Waals surface area (Å²) in [4.78, 5) is 2.13. The molecule has 1 aromatic carbocycles. The van der Waals surface area contributed by atoms with Gasteiger partial charge in [0.25, 0.3) is 0 Å². The Morgan fingerprint density at radius 3 is 2.56 bits per heavy atom. The van der Waals surface area contributed by atoms with Crippen LogP contribution in [-0.4, -0.2) is 42.9 Å². The van der Waals surface area contributed by atoms with E-state index in [0.717, 1.165) is 24.3 Å². The second-order valence-electron chi connectivity index (χ2n) is 4.56. The molecule has 1 aromatic rings. The molecule has 0 amide bonds. The Balaban J connectivity index is 2.21. The number of aliphatic hydroxyl groups excluding tert-OH is 1. The van der Waals surface area contributed by atoms with Gasteiger partial charge in [-0.3, -0.25) is 0 Å². The van der Waals surface area contributed by atoms with E-state index in [0.29, 0.717) is 13.2 Å². The van der Waals surface area contributed by atoms with Gasteiger partial charge in [0, 0.05) is 19.1 Å². The van der Waals surface area contributed by atoms with E-state index in [1.807, 2.05) is 38.2 Å². The minimum atomic E-state index is 0.192. The van der Waals surface area contributed by atoms with E-state index < -0.39 is 0 Å². The molecule has 0 aliphatic rings. The molecule has 0 aliphatic heterocycles. The molecule has 0 saturated heterocycles. The van der Waals surface area contributed by atoms with E-state index in [1.165, 1.54) is 0 Å². The number of hydrogen-bond acceptors (Lipinski definition) is 4. The summed E-state index contributed by atoms with van der Waals surface area (Å²) < 4.78 is 5.64. The fraction of sp³-hybridized carbons (Fsp3) is 0.571. The number of nitrogens with zero attached hydrogens (tertiary/aromatic N) is 1. The summed E-state index contributed by atoms with van der Waals surface area (Å²) in [5, 5.41) is 9.01. The maximum Gasteiger partial charge on any atom is 0.119 e. The van der Waals surface area contributed by atoms with E-state index in [-0.39, 0.29) is 12.6 Å². The van der Waals surface area contributed by atoms with E-state index in [4.69, 9.17) is 15.6 Å². The lowest BCUT2D eigenvalue weighted by atomic mass is 10.2. The van der Waals surface area contributed by atoms with Gasteiger partial charge in [0.2, 0.25) is 0 Å². The van der Waals surface area contributed by atoms with E-state index in [1.54, 1.807) is 0 Å². The zero-order valence-electron chi connectivity index (χ0n) is 11.3. The average molecular weight is 252 g/mol. The van der Waals surface area contributed by atoms with Crippen LogP contribution in [-0.2, 0) is 6.54 Å². The Kier molecular flexibility index (Phi) is 6.72. The number of likely N-dealkylation sites (N-methyl/N-ethyl adjacent to an activating group) is 1. The first-order chi connectivity index (χ1) is 8.67. The predicted molar refractivity (Wildman–Crippen MR) is 73.6 cm³/mol. The molecule has 0 saturated carbocycles. The molecule has 1 rings (SSSR count). The maximum absolute atomic E-state index is 9.01. The van der Waals surface area contributed by atoms with Gasteiger partial charge in [-0.15, -0.1) is 0 Å². The third kappa shape index (κ3) is 5.04. The van der Waals surface area contributed by atoms with Crippen LogP contribution in [0.1, 0.15) is 18.9 Å². The van der Waals surface area contributed by atoms with Crippen LogP contribution in [0, 0.1) is 0 Å². The zero-order chi connectivity index (χ0) is 13.4. The maximum atomic E-state index is 9.01. The SMILES string of the molecule is CC(CO)N(C)CCCOc1ccc(CN)cc1. The van der Waals surface area contributed by atoms with Crippen LogP contribution < -0.4 is 10.5 Å². The van der Waals surface area contributed by atoms with Gasteiger partial charge in [-0.25, -0.2) is 0 Å². The lowest BCUT2D eigenvalue weighted by molar-refractivity contribution is 0.151. The van der Waals surface area contributed by atoms with Crippen molar-refractivity contribution in [3.8, 4) is 5.75 Å². The molecule has 1 unspecified atom stereocenters. The van der Waals surface area contributed by atoms with Gasteiger partial charge >= 0.3 is 0 Å². The van der Waals surface area contributed by atoms with Crippen LogP contribution in [0.15, 0.2) is 24.3 Å². The van der Waals surface area contributed by atoms with Gasteiger partial charge in [-0.05, 0) is 38.1 Å². The largest absolute Gasteiger partial charge is 0.494 e. The average Bonchev–Trinajstić information content (AvgIpc) is 2.43. The lowest BCUT2D eigenvalue weighted by Gasteiger charge is -2.22. The summed E-state index contributed by atoms with van der Waals surface area (Å²) in [5.41, 5.74) is 6.64. The van der Waals surface area contributed by atoms with Crippen molar-refractivity contribution in [1.82, 2.24) is 4.90 Å². The molecule has 18 heavy (non-hydrogen) atoms. The molecule has 1 atom stereocenters. The highest BCUT2D eigenvalue weighted by molar-refractivity contribution is 5.26. The number of ether oxygens (including phenoxy) is 1. The lowest BCUT2D eigenvalue weighted by Crippen LogP contribution is -2.33. The molecule has 0 fully saturated rings. The summed E-state index contributed by atoms with van der Waals surface area (Å²) in [5.74, 6) is 0.880. The first kappa shape index (κ1) is 15.0. The predicted octanol–water partition coefficient (Wildman–Crippen LogP) is 1.23. The minimum absolute atomic E-state index is 0.192. The summed E-state index contributed by atoms with van der Waals surface area (Å²) >= 11 is 0. The smallest absolute Gasteiger partial charge is 0.119 e. The minimum Gasteiger partial charge on any atom is -0.494 e. The number of benzene rings is 1. The monoisotopic (exact) mass is 252 g/mol.